The van der Waals surface area contributed by atoms with Gasteiger partial charge in [-0.05, 0) is 38.1 Å². The first-order valence-corrected chi connectivity index (χ1v) is 4.99. The van der Waals surface area contributed by atoms with Gasteiger partial charge in [-0.2, -0.15) is 0 Å². The van der Waals surface area contributed by atoms with Gasteiger partial charge in [0.1, 0.15) is 0 Å². The smallest absolute Gasteiger partial charge is 0.234 e. The maximum atomic E-state index is 10.9. The van der Waals surface area contributed by atoms with E-state index in [1.54, 1.807) is 12.4 Å². The van der Waals surface area contributed by atoms with E-state index in [4.69, 9.17) is 5.73 Å². The zero-order valence-corrected chi connectivity index (χ0v) is 9.18. The minimum Gasteiger partial charge on any atom is -0.368 e. The Morgan fingerprint density at radius 3 is 2.67 bits per heavy atom. The predicted octanol–water partition coefficient (Wildman–Crippen LogP) is 0.430. The first-order valence-electron chi connectivity index (χ1n) is 4.99. The second-order valence-corrected chi connectivity index (χ2v) is 3.66. The van der Waals surface area contributed by atoms with E-state index in [0.29, 0.717) is 0 Å². The molecule has 1 heterocycles. The lowest BCUT2D eigenvalue weighted by molar-refractivity contribution is -0.122. The molecule has 0 aliphatic carbocycles. The zero-order chi connectivity index (χ0) is 11.3. The maximum Gasteiger partial charge on any atom is 0.234 e. The summed E-state index contributed by atoms with van der Waals surface area (Å²) in [5.41, 5.74) is 6.43. The zero-order valence-electron chi connectivity index (χ0n) is 9.18. The van der Waals surface area contributed by atoms with Gasteiger partial charge in [-0.3, -0.25) is 14.7 Å². The van der Waals surface area contributed by atoms with Gasteiger partial charge in [0.15, 0.2) is 0 Å². The van der Waals surface area contributed by atoms with Crippen LogP contribution in [0, 0.1) is 0 Å². The molecule has 0 saturated carbocycles. The summed E-state index contributed by atoms with van der Waals surface area (Å²) in [7, 11) is 1.90. The van der Waals surface area contributed by atoms with Crippen LogP contribution in [0.1, 0.15) is 12.5 Å². The summed E-state index contributed by atoms with van der Waals surface area (Å²) in [5, 5.41) is 0. The predicted molar refractivity (Wildman–Crippen MR) is 59.2 cm³/mol. The van der Waals surface area contributed by atoms with Crippen LogP contribution < -0.4 is 5.73 Å². The number of nitrogens with zero attached hydrogens (tertiary/aromatic N) is 2. The van der Waals surface area contributed by atoms with Crippen molar-refractivity contribution in [3.63, 3.8) is 0 Å². The quantitative estimate of drug-likeness (QED) is 0.761. The summed E-state index contributed by atoms with van der Waals surface area (Å²) in [6.45, 7) is 2.63. The molecule has 15 heavy (non-hydrogen) atoms. The van der Waals surface area contributed by atoms with Gasteiger partial charge < -0.3 is 5.73 Å². The molecule has 1 aromatic rings. The molecule has 1 rings (SSSR count). The number of pyridine rings is 1. The highest BCUT2D eigenvalue weighted by atomic mass is 16.1. The highest BCUT2D eigenvalue weighted by molar-refractivity contribution is 5.79. The average molecular weight is 207 g/mol. The number of carbonyl (C=O) groups excluding carboxylic acids is 1. The van der Waals surface area contributed by atoms with Crippen molar-refractivity contribution in [1.29, 1.82) is 0 Å². The summed E-state index contributed by atoms with van der Waals surface area (Å²) < 4.78 is 0. The normalized spacial score (nSPS) is 12.7. The second kappa shape index (κ2) is 5.46. The maximum absolute atomic E-state index is 10.9. The van der Waals surface area contributed by atoms with Crippen LogP contribution in [0.5, 0.6) is 0 Å². The minimum atomic E-state index is -0.285. The molecular weight excluding hydrogens is 190 g/mol. The van der Waals surface area contributed by atoms with Crippen LogP contribution in [0.25, 0.3) is 0 Å². The van der Waals surface area contributed by atoms with Crippen molar-refractivity contribution in [2.24, 2.45) is 5.73 Å². The van der Waals surface area contributed by atoms with Crippen LogP contribution >= 0.6 is 0 Å². The summed E-state index contributed by atoms with van der Waals surface area (Å²) in [6, 6.07) is 3.73. The van der Waals surface area contributed by atoms with Crippen molar-refractivity contribution >= 4 is 5.91 Å². The summed E-state index contributed by atoms with van der Waals surface area (Å²) in [4.78, 5) is 16.8. The Labute approximate surface area is 90.1 Å². The van der Waals surface area contributed by atoms with Crippen LogP contribution in [-0.2, 0) is 11.2 Å². The number of hydrogen-bond acceptors (Lipinski definition) is 3. The third kappa shape index (κ3) is 3.67. The van der Waals surface area contributed by atoms with E-state index < -0.39 is 0 Å². The van der Waals surface area contributed by atoms with Crippen molar-refractivity contribution in [2.75, 3.05) is 13.6 Å². The molecule has 0 aliphatic heterocycles. The molecule has 1 aromatic heterocycles. The Hall–Kier alpha value is -1.42. The molecule has 82 valence electrons. The van der Waals surface area contributed by atoms with Gasteiger partial charge in [-0.15, -0.1) is 0 Å². The number of aromatic nitrogens is 1. The average Bonchev–Trinajstić information content (AvgIpc) is 2.26. The van der Waals surface area contributed by atoms with E-state index in [1.165, 1.54) is 5.56 Å². The molecule has 0 saturated heterocycles. The standard InChI is InChI=1S/C11H17N3O/c1-9(11(12)15)14(2)8-5-10-3-6-13-7-4-10/h3-4,6-7,9H,5,8H2,1-2H3,(H2,12,15). The molecule has 0 aromatic carbocycles. The number of rotatable bonds is 5. The summed E-state index contributed by atoms with van der Waals surface area (Å²) >= 11 is 0. The van der Waals surface area contributed by atoms with Crippen LogP contribution in [0.4, 0.5) is 0 Å². The third-order valence-corrected chi connectivity index (χ3v) is 2.58. The number of nitrogens with two attached hydrogens (primary N) is 1. The van der Waals surface area contributed by atoms with E-state index in [2.05, 4.69) is 4.98 Å². The van der Waals surface area contributed by atoms with Gasteiger partial charge in [-0.25, -0.2) is 0 Å². The Balaban J connectivity index is 2.41. The van der Waals surface area contributed by atoms with E-state index in [-0.39, 0.29) is 11.9 Å². The van der Waals surface area contributed by atoms with Crippen molar-refractivity contribution < 1.29 is 4.79 Å². The Bertz CT molecular complexity index is 313. The number of carbonyl (C=O) groups is 1. The van der Waals surface area contributed by atoms with Gasteiger partial charge in [0.25, 0.3) is 0 Å². The molecule has 0 spiro atoms. The molecule has 1 amide bonds. The lowest BCUT2D eigenvalue weighted by atomic mass is 10.2. The summed E-state index contributed by atoms with van der Waals surface area (Å²) in [5.74, 6) is -0.285. The van der Waals surface area contributed by atoms with Crippen molar-refractivity contribution in [1.82, 2.24) is 9.88 Å². The molecule has 1 unspecified atom stereocenters. The first kappa shape index (κ1) is 11.7. The fourth-order valence-corrected chi connectivity index (χ4v) is 1.27. The Kier molecular flexibility index (Phi) is 4.24. The van der Waals surface area contributed by atoms with E-state index in [1.807, 2.05) is 31.0 Å². The summed E-state index contributed by atoms with van der Waals surface area (Å²) in [6.07, 6.45) is 4.44. The van der Waals surface area contributed by atoms with Crippen molar-refractivity contribution in [2.45, 2.75) is 19.4 Å². The van der Waals surface area contributed by atoms with E-state index >= 15 is 0 Å². The van der Waals surface area contributed by atoms with Gasteiger partial charge >= 0.3 is 0 Å². The monoisotopic (exact) mass is 207 g/mol. The van der Waals surface area contributed by atoms with E-state index in [9.17, 15) is 4.79 Å². The van der Waals surface area contributed by atoms with E-state index in [0.717, 1.165) is 13.0 Å². The lowest BCUT2D eigenvalue weighted by Gasteiger charge is -2.21. The van der Waals surface area contributed by atoms with Crippen LogP contribution in [-0.4, -0.2) is 35.4 Å². The second-order valence-electron chi connectivity index (χ2n) is 3.66. The minimum absolute atomic E-state index is 0.216. The van der Waals surface area contributed by atoms with Gasteiger partial charge in [0.2, 0.25) is 5.91 Å². The number of hydrogen-bond donors (Lipinski definition) is 1. The molecular formula is C11H17N3O. The van der Waals surface area contributed by atoms with Gasteiger partial charge in [-0.1, -0.05) is 0 Å². The molecule has 4 nitrogen and oxygen atoms in total. The molecule has 1 atom stereocenters. The molecule has 2 N–H and O–H groups in total. The number of primary amides is 1. The molecule has 0 bridgehead atoms. The fourth-order valence-electron chi connectivity index (χ4n) is 1.27. The van der Waals surface area contributed by atoms with Gasteiger partial charge in [0.05, 0.1) is 6.04 Å². The molecule has 0 aliphatic rings. The Morgan fingerprint density at radius 2 is 2.13 bits per heavy atom. The van der Waals surface area contributed by atoms with Crippen LogP contribution in [0.2, 0.25) is 0 Å². The largest absolute Gasteiger partial charge is 0.368 e. The van der Waals surface area contributed by atoms with Gasteiger partial charge in [0, 0.05) is 18.9 Å². The van der Waals surface area contributed by atoms with Crippen LogP contribution in [0.3, 0.4) is 0 Å². The highest BCUT2D eigenvalue weighted by Crippen LogP contribution is 2.01. The third-order valence-electron chi connectivity index (χ3n) is 2.58. The topological polar surface area (TPSA) is 59.2 Å². The fraction of sp³-hybridized carbons (Fsp3) is 0.455. The number of likely N-dealkylation sites (N-methyl/N-ethyl adjacent to an activating group) is 1. The molecule has 0 radical (unpaired) electrons. The molecule has 0 fully saturated rings. The van der Waals surface area contributed by atoms with Crippen LogP contribution in [0.15, 0.2) is 24.5 Å². The lowest BCUT2D eigenvalue weighted by Crippen LogP contribution is -2.41. The van der Waals surface area contributed by atoms with Crippen molar-refractivity contribution in [3.05, 3.63) is 30.1 Å². The number of amides is 1. The Morgan fingerprint density at radius 1 is 1.53 bits per heavy atom. The first-order chi connectivity index (χ1) is 7.11. The highest BCUT2D eigenvalue weighted by Gasteiger charge is 2.13. The van der Waals surface area contributed by atoms with Crippen molar-refractivity contribution in [3.8, 4) is 0 Å². The SMILES string of the molecule is CC(C(N)=O)N(C)CCc1ccncc1. The molecule has 4 heteroatoms.